The Labute approximate surface area is 106 Å². The molecule has 0 radical (unpaired) electrons. The molecule has 2 aliphatic heterocycles. The van der Waals surface area contributed by atoms with Gasteiger partial charge in [0.25, 0.3) is 0 Å². The van der Waals surface area contributed by atoms with Crippen LogP contribution in [-0.2, 0) is 0 Å². The second-order valence-electron chi connectivity index (χ2n) is 6.35. The fraction of sp³-hybridized carbons (Fsp3) is 1.00. The lowest BCUT2D eigenvalue weighted by Gasteiger charge is -2.43. The molecule has 98 valence electrons. The van der Waals surface area contributed by atoms with Crippen LogP contribution in [0.4, 0.5) is 0 Å². The maximum atomic E-state index is 3.71. The predicted octanol–water partition coefficient (Wildman–Crippen LogP) is 2.78. The van der Waals surface area contributed by atoms with Crippen molar-refractivity contribution in [1.29, 1.82) is 0 Å². The molecular formula is C15H28N2. The monoisotopic (exact) mass is 236 g/mol. The van der Waals surface area contributed by atoms with Crippen molar-refractivity contribution >= 4 is 0 Å². The zero-order chi connectivity index (χ0) is 11.5. The molecule has 2 heterocycles. The van der Waals surface area contributed by atoms with E-state index in [9.17, 15) is 0 Å². The van der Waals surface area contributed by atoms with Crippen LogP contribution in [0.25, 0.3) is 0 Å². The van der Waals surface area contributed by atoms with Crippen LogP contribution >= 0.6 is 0 Å². The smallest absolute Gasteiger partial charge is 0.0251 e. The topological polar surface area (TPSA) is 15.3 Å². The van der Waals surface area contributed by atoms with Crippen molar-refractivity contribution in [2.75, 3.05) is 19.6 Å². The molecule has 0 spiro atoms. The zero-order valence-electron chi connectivity index (χ0n) is 11.2. The lowest BCUT2D eigenvalue weighted by Crippen LogP contribution is -2.51. The third kappa shape index (κ3) is 2.68. The minimum absolute atomic E-state index is 0.864. The maximum Gasteiger partial charge on any atom is 0.0251 e. The molecule has 0 bridgehead atoms. The number of rotatable bonds is 1. The summed E-state index contributed by atoms with van der Waals surface area (Å²) in [6.07, 6.45) is 13.2. The average molecular weight is 236 g/mol. The summed E-state index contributed by atoms with van der Waals surface area (Å²) >= 11 is 0. The van der Waals surface area contributed by atoms with Crippen molar-refractivity contribution in [3.05, 3.63) is 0 Å². The van der Waals surface area contributed by atoms with Gasteiger partial charge in [0.1, 0.15) is 0 Å². The summed E-state index contributed by atoms with van der Waals surface area (Å²) in [7, 11) is 0. The molecule has 3 fully saturated rings. The van der Waals surface area contributed by atoms with Gasteiger partial charge < -0.3 is 5.32 Å². The Bertz CT molecular complexity index is 235. The van der Waals surface area contributed by atoms with Gasteiger partial charge in [-0.3, -0.25) is 4.90 Å². The van der Waals surface area contributed by atoms with E-state index in [1.807, 2.05) is 0 Å². The van der Waals surface area contributed by atoms with Gasteiger partial charge in [0.2, 0.25) is 0 Å². The number of nitrogens with one attached hydrogen (secondary N) is 1. The van der Waals surface area contributed by atoms with E-state index < -0.39 is 0 Å². The van der Waals surface area contributed by atoms with Crippen molar-refractivity contribution < 1.29 is 0 Å². The highest BCUT2D eigenvalue weighted by molar-refractivity contribution is 4.91. The largest absolute Gasteiger partial charge is 0.315 e. The van der Waals surface area contributed by atoms with Crippen LogP contribution in [0.3, 0.4) is 0 Å². The Morgan fingerprint density at radius 3 is 2.53 bits per heavy atom. The number of hydrogen-bond donors (Lipinski definition) is 1. The number of nitrogens with zero attached hydrogens (tertiary/aromatic N) is 1. The minimum Gasteiger partial charge on any atom is -0.315 e. The highest BCUT2D eigenvalue weighted by Crippen LogP contribution is 2.33. The Balaban J connectivity index is 1.70. The Morgan fingerprint density at radius 2 is 1.65 bits per heavy atom. The van der Waals surface area contributed by atoms with Crippen LogP contribution in [-0.4, -0.2) is 36.6 Å². The van der Waals surface area contributed by atoms with Gasteiger partial charge in [0, 0.05) is 18.6 Å². The minimum atomic E-state index is 0.864. The van der Waals surface area contributed by atoms with Crippen molar-refractivity contribution in [1.82, 2.24) is 10.2 Å². The molecule has 1 saturated carbocycles. The molecule has 3 rings (SSSR count). The first-order chi connectivity index (χ1) is 8.45. The van der Waals surface area contributed by atoms with E-state index in [1.165, 1.54) is 77.4 Å². The van der Waals surface area contributed by atoms with Crippen molar-refractivity contribution in [3.63, 3.8) is 0 Å². The fourth-order valence-electron chi connectivity index (χ4n) is 4.36. The number of hydrogen-bond acceptors (Lipinski definition) is 2. The highest BCUT2D eigenvalue weighted by Gasteiger charge is 2.35. The van der Waals surface area contributed by atoms with Gasteiger partial charge in [-0.05, 0) is 51.1 Å². The number of piperidine rings is 1. The van der Waals surface area contributed by atoms with Gasteiger partial charge in [0.15, 0.2) is 0 Å². The summed E-state index contributed by atoms with van der Waals surface area (Å²) in [5.74, 6) is 0.995. The Morgan fingerprint density at radius 1 is 0.824 bits per heavy atom. The Kier molecular flexibility index (Phi) is 4.02. The number of fused-ring (bicyclic) bond motifs is 1. The van der Waals surface area contributed by atoms with E-state index in [0.717, 1.165) is 18.0 Å². The lowest BCUT2D eigenvalue weighted by molar-refractivity contribution is 0.0582. The van der Waals surface area contributed by atoms with Gasteiger partial charge in [0.05, 0.1) is 0 Å². The van der Waals surface area contributed by atoms with Gasteiger partial charge >= 0.3 is 0 Å². The van der Waals surface area contributed by atoms with E-state index in [1.54, 1.807) is 0 Å². The maximum absolute atomic E-state index is 3.71. The fourth-order valence-corrected chi connectivity index (χ4v) is 4.36. The van der Waals surface area contributed by atoms with Gasteiger partial charge in [-0.15, -0.1) is 0 Å². The average Bonchev–Trinajstić information content (AvgIpc) is 2.62. The first-order valence-electron chi connectivity index (χ1n) is 7.91. The molecule has 2 saturated heterocycles. The normalized spacial score (nSPS) is 37.4. The van der Waals surface area contributed by atoms with E-state index in [4.69, 9.17) is 0 Å². The summed E-state index contributed by atoms with van der Waals surface area (Å²) in [6.45, 7) is 3.90. The second-order valence-corrected chi connectivity index (χ2v) is 6.35. The quantitative estimate of drug-likeness (QED) is 0.753. The van der Waals surface area contributed by atoms with Crippen LogP contribution in [0, 0.1) is 5.92 Å². The molecule has 2 heteroatoms. The third-order valence-electron chi connectivity index (χ3n) is 5.30. The van der Waals surface area contributed by atoms with E-state index in [-0.39, 0.29) is 0 Å². The van der Waals surface area contributed by atoms with Crippen LogP contribution < -0.4 is 5.32 Å². The Hall–Kier alpha value is -0.0800. The van der Waals surface area contributed by atoms with Crippen molar-refractivity contribution in [2.45, 2.75) is 69.9 Å². The zero-order valence-corrected chi connectivity index (χ0v) is 11.2. The first kappa shape index (κ1) is 12.0. The highest BCUT2D eigenvalue weighted by atomic mass is 15.2. The van der Waals surface area contributed by atoms with Crippen LogP contribution in [0.15, 0.2) is 0 Å². The summed E-state index contributed by atoms with van der Waals surface area (Å²) in [5.41, 5.74) is 0. The van der Waals surface area contributed by atoms with Crippen molar-refractivity contribution in [3.8, 4) is 0 Å². The van der Waals surface area contributed by atoms with Gasteiger partial charge in [-0.1, -0.05) is 25.7 Å². The lowest BCUT2D eigenvalue weighted by atomic mass is 9.82. The summed E-state index contributed by atoms with van der Waals surface area (Å²) < 4.78 is 0. The molecule has 0 aromatic heterocycles. The van der Waals surface area contributed by atoms with Crippen LogP contribution in [0.5, 0.6) is 0 Å². The molecule has 3 aliphatic rings. The molecule has 0 aromatic carbocycles. The molecular weight excluding hydrogens is 208 g/mol. The summed E-state index contributed by atoms with van der Waals surface area (Å²) in [4.78, 5) is 2.90. The molecule has 1 N–H and O–H groups in total. The molecule has 0 aromatic rings. The predicted molar refractivity (Wildman–Crippen MR) is 72.2 cm³/mol. The third-order valence-corrected chi connectivity index (χ3v) is 5.30. The van der Waals surface area contributed by atoms with E-state index in [2.05, 4.69) is 10.2 Å². The molecule has 2 nitrogen and oxygen atoms in total. The van der Waals surface area contributed by atoms with Gasteiger partial charge in [-0.2, -0.15) is 0 Å². The summed E-state index contributed by atoms with van der Waals surface area (Å²) in [6, 6.07) is 1.77. The molecule has 0 amide bonds. The van der Waals surface area contributed by atoms with E-state index >= 15 is 0 Å². The summed E-state index contributed by atoms with van der Waals surface area (Å²) in [5, 5.41) is 3.71. The molecule has 1 aliphatic carbocycles. The van der Waals surface area contributed by atoms with E-state index in [0.29, 0.717) is 0 Å². The van der Waals surface area contributed by atoms with Crippen molar-refractivity contribution in [2.24, 2.45) is 5.92 Å². The SMILES string of the molecule is C1CCC(C2CNCCC3CCCCN32)CC1. The second kappa shape index (κ2) is 5.71. The molecule has 17 heavy (non-hydrogen) atoms. The van der Waals surface area contributed by atoms with Crippen LogP contribution in [0.2, 0.25) is 0 Å². The molecule has 2 atom stereocenters. The first-order valence-corrected chi connectivity index (χ1v) is 7.91. The molecule has 2 unspecified atom stereocenters. The van der Waals surface area contributed by atoms with Crippen LogP contribution in [0.1, 0.15) is 57.8 Å². The standard InChI is InChI=1S/C15H28N2/c1-2-6-13(7-3-1)15-12-16-10-9-14-8-4-5-11-17(14)15/h13-16H,1-12H2. The van der Waals surface area contributed by atoms with Gasteiger partial charge in [-0.25, -0.2) is 0 Å².